The first-order valence-corrected chi connectivity index (χ1v) is 7.49. The van der Waals surface area contributed by atoms with Gasteiger partial charge in [0.15, 0.2) is 0 Å². The molecule has 6 heteroatoms. The second-order valence-corrected chi connectivity index (χ2v) is 5.85. The predicted molar refractivity (Wildman–Crippen MR) is 78.6 cm³/mol. The SMILES string of the molecule is CCC1NCC(NC(=O)C(F)(F)F)CC1c1cccc(C)c1. The van der Waals surface area contributed by atoms with Crippen LogP contribution in [-0.2, 0) is 4.79 Å². The number of halogens is 3. The molecule has 0 radical (unpaired) electrons. The minimum absolute atomic E-state index is 0.0946. The Labute approximate surface area is 128 Å². The Bertz CT molecular complexity index is 530. The van der Waals surface area contributed by atoms with Crippen molar-refractivity contribution in [3.63, 3.8) is 0 Å². The van der Waals surface area contributed by atoms with Gasteiger partial charge in [0, 0.05) is 24.5 Å². The molecular weight excluding hydrogens is 293 g/mol. The third-order valence-electron chi connectivity index (χ3n) is 4.15. The van der Waals surface area contributed by atoms with Gasteiger partial charge < -0.3 is 10.6 Å². The van der Waals surface area contributed by atoms with E-state index in [2.05, 4.69) is 23.6 Å². The molecule has 1 aliphatic heterocycles. The van der Waals surface area contributed by atoms with Crippen LogP contribution >= 0.6 is 0 Å². The quantitative estimate of drug-likeness (QED) is 0.901. The van der Waals surface area contributed by atoms with Crippen molar-refractivity contribution in [1.82, 2.24) is 10.6 Å². The van der Waals surface area contributed by atoms with Crippen LogP contribution in [0.4, 0.5) is 13.2 Å². The van der Waals surface area contributed by atoms with E-state index in [1.807, 2.05) is 25.1 Å². The number of hydrogen-bond donors (Lipinski definition) is 2. The van der Waals surface area contributed by atoms with Crippen molar-refractivity contribution in [3.8, 4) is 0 Å². The number of carbonyl (C=O) groups excluding carboxylic acids is 1. The Morgan fingerprint density at radius 2 is 2.14 bits per heavy atom. The summed E-state index contributed by atoms with van der Waals surface area (Å²) in [6.07, 6.45) is -3.43. The molecule has 1 aliphatic rings. The van der Waals surface area contributed by atoms with Crippen LogP contribution in [0.1, 0.15) is 36.8 Å². The number of nitrogens with one attached hydrogen (secondary N) is 2. The summed E-state index contributed by atoms with van der Waals surface area (Å²) in [6.45, 7) is 4.40. The standard InChI is InChI=1S/C16H21F3N2O/c1-3-14-13(11-6-4-5-10(2)7-11)8-12(9-20-14)21-15(22)16(17,18)19/h4-7,12-14,20H,3,8-9H2,1-2H3,(H,21,22). The molecule has 1 aromatic rings. The molecule has 3 nitrogen and oxygen atoms in total. The van der Waals surface area contributed by atoms with Gasteiger partial charge in [-0.3, -0.25) is 4.79 Å². The van der Waals surface area contributed by atoms with Gasteiger partial charge in [0.25, 0.3) is 0 Å². The molecule has 3 unspecified atom stereocenters. The van der Waals surface area contributed by atoms with Crippen LogP contribution in [0.2, 0.25) is 0 Å². The summed E-state index contributed by atoms with van der Waals surface area (Å²) in [5, 5.41) is 5.35. The lowest BCUT2D eigenvalue weighted by Crippen LogP contribution is -2.54. The van der Waals surface area contributed by atoms with Crippen LogP contribution < -0.4 is 10.6 Å². The Kier molecular flexibility index (Phi) is 5.11. The molecule has 1 aromatic carbocycles. The second kappa shape index (κ2) is 6.69. The largest absolute Gasteiger partial charge is 0.471 e. The molecule has 2 N–H and O–H groups in total. The van der Waals surface area contributed by atoms with Gasteiger partial charge in [-0.1, -0.05) is 36.8 Å². The average molecular weight is 314 g/mol. The molecule has 122 valence electrons. The molecule has 0 aliphatic carbocycles. The van der Waals surface area contributed by atoms with Gasteiger partial charge in [-0.25, -0.2) is 0 Å². The van der Waals surface area contributed by atoms with Crippen molar-refractivity contribution in [3.05, 3.63) is 35.4 Å². The maximum Gasteiger partial charge on any atom is 0.471 e. The molecule has 2 rings (SSSR count). The maximum atomic E-state index is 12.4. The zero-order chi connectivity index (χ0) is 16.3. The van der Waals surface area contributed by atoms with Crippen LogP contribution in [0.25, 0.3) is 0 Å². The number of alkyl halides is 3. The molecule has 1 amide bonds. The highest BCUT2D eigenvalue weighted by Crippen LogP contribution is 2.30. The average Bonchev–Trinajstić information content (AvgIpc) is 2.46. The summed E-state index contributed by atoms with van der Waals surface area (Å²) in [5.41, 5.74) is 2.22. The first kappa shape index (κ1) is 16.8. The molecule has 3 atom stereocenters. The summed E-state index contributed by atoms with van der Waals surface area (Å²) >= 11 is 0. The fourth-order valence-electron chi connectivity index (χ4n) is 3.07. The Hall–Kier alpha value is -1.56. The van der Waals surface area contributed by atoms with Gasteiger partial charge >= 0.3 is 12.1 Å². The van der Waals surface area contributed by atoms with Gasteiger partial charge in [0.2, 0.25) is 0 Å². The number of amides is 1. The fraction of sp³-hybridized carbons (Fsp3) is 0.562. The van der Waals surface area contributed by atoms with Crippen molar-refractivity contribution < 1.29 is 18.0 Å². The summed E-state index contributed by atoms with van der Waals surface area (Å²) in [7, 11) is 0. The van der Waals surface area contributed by atoms with E-state index in [1.54, 1.807) is 0 Å². The fourth-order valence-corrected chi connectivity index (χ4v) is 3.07. The summed E-state index contributed by atoms with van der Waals surface area (Å²) in [4.78, 5) is 11.1. The number of aryl methyl sites for hydroxylation is 1. The normalized spacial score (nSPS) is 25.8. The van der Waals surface area contributed by atoms with Gasteiger partial charge in [0.05, 0.1) is 0 Å². The third kappa shape index (κ3) is 4.00. The minimum Gasteiger partial charge on any atom is -0.344 e. The Morgan fingerprint density at radius 1 is 1.41 bits per heavy atom. The lowest BCUT2D eigenvalue weighted by Gasteiger charge is -2.37. The summed E-state index contributed by atoms with van der Waals surface area (Å²) in [6, 6.07) is 7.70. The van der Waals surface area contributed by atoms with Crippen LogP contribution in [0.15, 0.2) is 24.3 Å². The number of benzene rings is 1. The minimum atomic E-state index is -4.83. The van der Waals surface area contributed by atoms with Gasteiger partial charge in [-0.05, 0) is 25.3 Å². The zero-order valence-corrected chi connectivity index (χ0v) is 12.7. The highest BCUT2D eigenvalue weighted by Gasteiger charge is 2.41. The third-order valence-corrected chi connectivity index (χ3v) is 4.15. The molecular formula is C16H21F3N2O. The number of hydrogen-bond acceptors (Lipinski definition) is 2. The van der Waals surface area contributed by atoms with E-state index >= 15 is 0 Å². The van der Waals surface area contributed by atoms with Crippen LogP contribution in [0.5, 0.6) is 0 Å². The second-order valence-electron chi connectivity index (χ2n) is 5.85. The predicted octanol–water partition coefficient (Wildman–Crippen LogP) is 2.90. The van der Waals surface area contributed by atoms with Crippen LogP contribution in [0, 0.1) is 6.92 Å². The monoisotopic (exact) mass is 314 g/mol. The van der Waals surface area contributed by atoms with E-state index < -0.39 is 18.1 Å². The van der Waals surface area contributed by atoms with Gasteiger partial charge in [-0.15, -0.1) is 0 Å². The molecule has 1 heterocycles. The van der Waals surface area contributed by atoms with E-state index in [9.17, 15) is 18.0 Å². The van der Waals surface area contributed by atoms with Crippen molar-refractivity contribution in [2.24, 2.45) is 0 Å². The molecule has 22 heavy (non-hydrogen) atoms. The van der Waals surface area contributed by atoms with E-state index in [4.69, 9.17) is 0 Å². The molecule has 0 aromatic heterocycles. The molecule has 0 bridgehead atoms. The number of carbonyl (C=O) groups is 1. The highest BCUT2D eigenvalue weighted by atomic mass is 19.4. The van der Waals surface area contributed by atoms with E-state index in [1.165, 1.54) is 0 Å². The van der Waals surface area contributed by atoms with Crippen LogP contribution in [-0.4, -0.2) is 30.7 Å². The lowest BCUT2D eigenvalue weighted by molar-refractivity contribution is -0.174. The molecule has 0 spiro atoms. The topological polar surface area (TPSA) is 41.1 Å². The smallest absolute Gasteiger partial charge is 0.344 e. The zero-order valence-electron chi connectivity index (χ0n) is 12.7. The van der Waals surface area contributed by atoms with Crippen LogP contribution in [0.3, 0.4) is 0 Å². The maximum absolute atomic E-state index is 12.4. The molecule has 1 fully saturated rings. The molecule has 1 saturated heterocycles. The number of rotatable bonds is 3. The van der Waals surface area contributed by atoms with Gasteiger partial charge in [-0.2, -0.15) is 13.2 Å². The molecule has 0 saturated carbocycles. The van der Waals surface area contributed by atoms with E-state index in [-0.39, 0.29) is 12.0 Å². The van der Waals surface area contributed by atoms with E-state index in [0.717, 1.165) is 17.5 Å². The van der Waals surface area contributed by atoms with Crippen molar-refractivity contribution in [1.29, 1.82) is 0 Å². The first-order chi connectivity index (χ1) is 10.3. The van der Waals surface area contributed by atoms with Crippen molar-refractivity contribution >= 4 is 5.91 Å². The summed E-state index contributed by atoms with van der Waals surface area (Å²) < 4.78 is 37.2. The first-order valence-electron chi connectivity index (χ1n) is 7.49. The van der Waals surface area contributed by atoms with Crippen molar-refractivity contribution in [2.45, 2.75) is 50.9 Å². The summed E-state index contributed by atoms with van der Waals surface area (Å²) in [5.74, 6) is -1.77. The van der Waals surface area contributed by atoms with E-state index in [0.29, 0.717) is 13.0 Å². The Balaban J connectivity index is 2.12. The van der Waals surface area contributed by atoms with Crippen molar-refractivity contribution in [2.75, 3.05) is 6.54 Å². The highest BCUT2D eigenvalue weighted by molar-refractivity contribution is 5.82. The Morgan fingerprint density at radius 3 is 2.73 bits per heavy atom. The lowest BCUT2D eigenvalue weighted by atomic mass is 9.81. The van der Waals surface area contributed by atoms with Gasteiger partial charge in [0.1, 0.15) is 0 Å². The number of piperidine rings is 1.